The summed E-state index contributed by atoms with van der Waals surface area (Å²) < 4.78 is 44.4. The van der Waals surface area contributed by atoms with Crippen LogP contribution in [0.15, 0.2) is 76.0 Å². The molecule has 0 fully saturated rings. The number of rotatable bonds is 7. The largest absolute Gasteiger partial charge is 0.449 e. The maximum Gasteiger partial charge on any atom is 0.424 e. The molecule has 8 nitrogen and oxygen atoms in total. The van der Waals surface area contributed by atoms with E-state index < -0.39 is 27.7 Å². The van der Waals surface area contributed by atoms with Crippen LogP contribution in [0.3, 0.4) is 0 Å². The lowest BCUT2D eigenvalue weighted by molar-refractivity contribution is 0.0377. The monoisotopic (exact) mass is 577 g/mol. The Hall–Kier alpha value is -4.11. The van der Waals surface area contributed by atoms with Gasteiger partial charge in [0.1, 0.15) is 16.9 Å². The van der Waals surface area contributed by atoms with Crippen molar-refractivity contribution in [3.05, 3.63) is 83.6 Å². The predicted octanol–water partition coefficient (Wildman–Crippen LogP) is 7.52. The summed E-state index contributed by atoms with van der Waals surface area (Å²) in [4.78, 5) is 25.6. The molecule has 0 N–H and O–H groups in total. The lowest BCUT2D eigenvalue weighted by Gasteiger charge is -2.28. The zero-order chi connectivity index (χ0) is 30.1. The number of hydrogen-bond donors (Lipinski definition) is 0. The first-order chi connectivity index (χ1) is 19.2. The van der Waals surface area contributed by atoms with Crippen molar-refractivity contribution in [3.8, 4) is 16.9 Å². The second-order valence-corrected chi connectivity index (χ2v) is 13.3. The molecule has 0 unspecified atom stereocenters. The van der Waals surface area contributed by atoms with Crippen LogP contribution < -0.4 is 4.74 Å². The molecule has 0 atom stereocenters. The van der Waals surface area contributed by atoms with Crippen LogP contribution in [0.25, 0.3) is 22.1 Å². The number of amides is 1. The Morgan fingerprint density at radius 2 is 1.51 bits per heavy atom. The molecule has 1 aromatic heterocycles. The number of nitrogens with zero attached hydrogens (tertiary/aromatic N) is 1. The molecule has 0 spiro atoms. The molecular formula is C32H35NO7S. The summed E-state index contributed by atoms with van der Waals surface area (Å²) in [6, 6.07) is 19.0. The van der Waals surface area contributed by atoms with E-state index in [1.54, 1.807) is 45.0 Å². The highest BCUT2D eigenvalue weighted by Crippen LogP contribution is 2.32. The number of carbonyl (C=O) groups is 2. The third-order valence-electron chi connectivity index (χ3n) is 6.19. The van der Waals surface area contributed by atoms with Crippen molar-refractivity contribution in [2.45, 2.75) is 59.0 Å². The molecule has 9 heteroatoms. The minimum absolute atomic E-state index is 0.00833. The maximum atomic E-state index is 13.4. The number of furan rings is 1. The van der Waals surface area contributed by atoms with Crippen LogP contribution in [0.2, 0.25) is 0 Å². The van der Waals surface area contributed by atoms with Crippen LogP contribution in [-0.2, 0) is 14.8 Å². The first kappa shape index (κ1) is 29.9. The van der Waals surface area contributed by atoms with Gasteiger partial charge in [-0.15, -0.1) is 0 Å². The van der Waals surface area contributed by atoms with Gasteiger partial charge in [-0.1, -0.05) is 44.2 Å². The van der Waals surface area contributed by atoms with E-state index in [0.717, 1.165) is 31.9 Å². The fourth-order valence-corrected chi connectivity index (χ4v) is 5.83. The topological polar surface area (TPSA) is 103 Å². The Bertz CT molecular complexity index is 1640. The summed E-state index contributed by atoms with van der Waals surface area (Å²) in [7, 11) is -4.15. The molecule has 0 saturated heterocycles. The maximum absolute atomic E-state index is 13.4. The Morgan fingerprint density at radius 1 is 0.902 bits per heavy atom. The third-order valence-corrected chi connectivity index (χ3v) is 7.93. The first-order valence-corrected chi connectivity index (χ1v) is 14.8. The van der Waals surface area contributed by atoms with E-state index in [9.17, 15) is 18.0 Å². The van der Waals surface area contributed by atoms with Gasteiger partial charge < -0.3 is 13.9 Å². The molecule has 0 saturated carbocycles. The van der Waals surface area contributed by atoms with Gasteiger partial charge in [0.15, 0.2) is 0 Å². The lowest BCUT2D eigenvalue weighted by Crippen LogP contribution is -2.42. The van der Waals surface area contributed by atoms with Gasteiger partial charge in [-0.2, -0.15) is 0 Å². The minimum Gasteiger partial charge on any atom is -0.449 e. The van der Waals surface area contributed by atoms with Crippen LogP contribution in [-0.4, -0.2) is 36.9 Å². The standard InChI is InChI=1S/C32H35NO7S/c1-20(2)19-33(31(35)40-32(5,6)7)41(36,37)26-14-12-23(13-15-26)25-16-21(3)29(22(4)17-25)39-30(34)28-18-24-10-8-9-11-27(24)38-28/h8-18,20H,19H2,1-7H3. The molecule has 216 valence electrons. The number of benzene rings is 3. The number of fused-ring (bicyclic) bond motifs is 1. The summed E-state index contributed by atoms with van der Waals surface area (Å²) in [5, 5.41) is 0.812. The highest BCUT2D eigenvalue weighted by Gasteiger charge is 2.33. The fraction of sp³-hybridized carbons (Fsp3) is 0.312. The van der Waals surface area contributed by atoms with Crippen molar-refractivity contribution >= 4 is 33.1 Å². The van der Waals surface area contributed by atoms with Gasteiger partial charge in [-0.3, -0.25) is 0 Å². The number of ether oxygens (including phenoxy) is 2. The van der Waals surface area contributed by atoms with Crippen molar-refractivity contribution in [2.24, 2.45) is 5.92 Å². The number of aryl methyl sites for hydroxylation is 2. The molecule has 41 heavy (non-hydrogen) atoms. The highest BCUT2D eigenvalue weighted by atomic mass is 32.2. The van der Waals surface area contributed by atoms with Gasteiger partial charge >= 0.3 is 12.1 Å². The molecule has 0 bridgehead atoms. The van der Waals surface area contributed by atoms with Gasteiger partial charge in [-0.05, 0) is 99.2 Å². The van der Waals surface area contributed by atoms with Gasteiger partial charge in [-0.25, -0.2) is 22.3 Å². The Kier molecular flexibility index (Phi) is 8.31. The Labute approximate surface area is 240 Å². The Balaban J connectivity index is 1.57. The third kappa shape index (κ3) is 6.79. The molecule has 0 aliphatic rings. The second kappa shape index (κ2) is 11.4. The highest BCUT2D eigenvalue weighted by molar-refractivity contribution is 7.89. The van der Waals surface area contributed by atoms with Crippen LogP contribution in [0.4, 0.5) is 4.79 Å². The molecule has 3 aromatic carbocycles. The van der Waals surface area contributed by atoms with Crippen LogP contribution >= 0.6 is 0 Å². The molecule has 0 radical (unpaired) electrons. The van der Waals surface area contributed by atoms with Crippen molar-refractivity contribution < 1.29 is 31.9 Å². The van der Waals surface area contributed by atoms with Gasteiger partial charge in [0.2, 0.25) is 5.76 Å². The summed E-state index contributed by atoms with van der Waals surface area (Å²) in [6.45, 7) is 12.4. The fourth-order valence-electron chi connectivity index (χ4n) is 4.37. The predicted molar refractivity (Wildman–Crippen MR) is 157 cm³/mol. The molecule has 0 aliphatic carbocycles. The van der Waals surface area contributed by atoms with Crippen molar-refractivity contribution in [2.75, 3.05) is 6.54 Å². The summed E-state index contributed by atoms with van der Waals surface area (Å²) in [5.74, 6) is -0.142. The number of para-hydroxylation sites is 1. The lowest BCUT2D eigenvalue weighted by atomic mass is 10.00. The van der Waals surface area contributed by atoms with Crippen molar-refractivity contribution in [1.29, 1.82) is 0 Å². The molecule has 1 heterocycles. The molecule has 1 amide bonds. The Morgan fingerprint density at radius 3 is 2.07 bits per heavy atom. The number of carbonyl (C=O) groups excluding carboxylic acids is 2. The van der Waals surface area contributed by atoms with Gasteiger partial charge in [0.05, 0.1) is 4.90 Å². The summed E-state index contributed by atoms with van der Waals surface area (Å²) in [6.07, 6.45) is -0.908. The molecule has 0 aliphatic heterocycles. The number of hydrogen-bond acceptors (Lipinski definition) is 7. The van der Waals surface area contributed by atoms with Crippen LogP contribution in [0, 0.1) is 19.8 Å². The van der Waals surface area contributed by atoms with Crippen molar-refractivity contribution in [1.82, 2.24) is 4.31 Å². The average molecular weight is 578 g/mol. The smallest absolute Gasteiger partial charge is 0.424 e. The van der Waals surface area contributed by atoms with E-state index in [4.69, 9.17) is 13.9 Å². The van der Waals surface area contributed by atoms with E-state index in [-0.39, 0.29) is 23.1 Å². The van der Waals surface area contributed by atoms with E-state index >= 15 is 0 Å². The van der Waals surface area contributed by atoms with Gasteiger partial charge in [0, 0.05) is 11.9 Å². The van der Waals surface area contributed by atoms with Crippen LogP contribution in [0.1, 0.15) is 56.3 Å². The second-order valence-electron chi connectivity index (χ2n) is 11.4. The number of esters is 1. The SMILES string of the molecule is Cc1cc(-c2ccc(S(=O)(=O)N(CC(C)C)C(=O)OC(C)(C)C)cc2)cc(C)c1OC(=O)c1cc2ccccc2o1. The zero-order valence-corrected chi connectivity index (χ0v) is 25.2. The quantitative estimate of drug-likeness (QED) is 0.165. The summed E-state index contributed by atoms with van der Waals surface area (Å²) >= 11 is 0. The zero-order valence-electron chi connectivity index (χ0n) is 24.3. The van der Waals surface area contributed by atoms with E-state index in [2.05, 4.69) is 0 Å². The molecule has 4 aromatic rings. The number of sulfonamides is 1. The van der Waals surface area contributed by atoms with Crippen molar-refractivity contribution in [3.63, 3.8) is 0 Å². The summed E-state index contributed by atoms with van der Waals surface area (Å²) in [5.41, 5.74) is 2.81. The van der Waals surface area contributed by atoms with E-state index in [1.165, 1.54) is 12.1 Å². The first-order valence-electron chi connectivity index (χ1n) is 13.3. The normalized spacial score (nSPS) is 12.0. The average Bonchev–Trinajstić information content (AvgIpc) is 3.32. The molecular weight excluding hydrogens is 542 g/mol. The molecule has 4 rings (SSSR count). The minimum atomic E-state index is -4.15. The van der Waals surface area contributed by atoms with Gasteiger partial charge in [0.25, 0.3) is 10.0 Å². The van der Waals surface area contributed by atoms with E-state index in [1.807, 2.05) is 58.0 Å². The van der Waals surface area contributed by atoms with E-state index in [0.29, 0.717) is 11.3 Å². The van der Waals surface area contributed by atoms with Crippen LogP contribution in [0.5, 0.6) is 5.75 Å².